The number of benzene rings is 1. The van der Waals surface area contributed by atoms with E-state index in [4.69, 9.17) is 14.7 Å². The molecule has 1 aromatic carbocycles. The molecule has 2 atom stereocenters. The van der Waals surface area contributed by atoms with Crippen LogP contribution in [0.2, 0.25) is 0 Å². The molecular weight excluding hydrogens is 562 g/mol. The van der Waals surface area contributed by atoms with Crippen molar-refractivity contribution in [1.82, 2.24) is 20.3 Å². The van der Waals surface area contributed by atoms with E-state index in [-0.39, 0.29) is 35.1 Å². The van der Waals surface area contributed by atoms with Crippen molar-refractivity contribution in [1.29, 1.82) is 0 Å². The van der Waals surface area contributed by atoms with Crippen molar-refractivity contribution in [3.63, 3.8) is 0 Å². The molecule has 3 aromatic heterocycles. The van der Waals surface area contributed by atoms with E-state index in [2.05, 4.69) is 35.1 Å². The first-order chi connectivity index (χ1) is 20.5. The van der Waals surface area contributed by atoms with Crippen LogP contribution < -0.4 is 10.2 Å². The predicted molar refractivity (Wildman–Crippen MR) is 167 cm³/mol. The number of morpholine rings is 1. The third-order valence-corrected chi connectivity index (χ3v) is 9.45. The van der Waals surface area contributed by atoms with Crippen LogP contribution in [0.25, 0.3) is 22.3 Å². The molecule has 10 heteroatoms. The monoisotopic (exact) mass is 599 g/mol. The number of nitrogens with zero attached hydrogens (tertiary/aromatic N) is 4. The summed E-state index contributed by atoms with van der Waals surface area (Å²) in [6.45, 7) is 7.76. The Morgan fingerprint density at radius 2 is 1.77 bits per heavy atom. The van der Waals surface area contributed by atoms with Gasteiger partial charge in [0, 0.05) is 36.5 Å². The zero-order valence-electron chi connectivity index (χ0n) is 25.1. The second-order valence-corrected chi connectivity index (χ2v) is 13.8. The summed E-state index contributed by atoms with van der Waals surface area (Å²) in [6, 6.07) is 12.8. The second kappa shape index (κ2) is 11.7. The molecule has 1 amide bonds. The molecule has 1 fully saturated rings. The summed E-state index contributed by atoms with van der Waals surface area (Å²) in [5.74, 6) is 0.690. The van der Waals surface area contributed by atoms with Gasteiger partial charge in [-0.1, -0.05) is 6.07 Å². The minimum atomic E-state index is -3.44. The SMILES string of the molecule is Cc1ccc(C(=O)NCc2cc3nc(-c4cc5c(c(N6C[C@@H](C)O[C@@H](C)C6)n4)CCCC5)ccc3cn2)cc1S(C)(=O)=O. The van der Waals surface area contributed by atoms with Gasteiger partial charge in [0.25, 0.3) is 5.91 Å². The quantitative estimate of drug-likeness (QED) is 0.335. The zero-order valence-corrected chi connectivity index (χ0v) is 25.9. The lowest BCUT2D eigenvalue weighted by Gasteiger charge is -2.38. The van der Waals surface area contributed by atoms with Gasteiger partial charge in [-0.3, -0.25) is 9.78 Å². The smallest absolute Gasteiger partial charge is 0.251 e. The zero-order chi connectivity index (χ0) is 30.3. The highest BCUT2D eigenvalue weighted by molar-refractivity contribution is 7.90. The highest BCUT2D eigenvalue weighted by atomic mass is 32.2. The Hall–Kier alpha value is -3.89. The standard InChI is InChI=1S/C33H37N5O4S/c1-20-9-10-24(14-31(20)43(4,40)41)33(39)35-17-26-15-29-25(16-34-26)11-12-28(36-29)30-13-23-7-5-6-8-27(23)32(37-30)38-18-21(2)42-22(3)19-38/h9-16,21-22H,5-8,17-19H2,1-4H3,(H,35,39)/t21-,22+. The number of rotatable bonds is 6. The third-order valence-electron chi connectivity index (χ3n) is 8.21. The van der Waals surface area contributed by atoms with Crippen molar-refractivity contribution in [3.8, 4) is 11.4 Å². The largest absolute Gasteiger partial charge is 0.372 e. The number of ether oxygens (including phenoxy) is 1. The fraction of sp³-hybridized carbons (Fsp3) is 0.394. The van der Waals surface area contributed by atoms with Gasteiger partial charge < -0.3 is 15.0 Å². The normalized spacial score (nSPS) is 18.8. The Morgan fingerprint density at radius 3 is 2.53 bits per heavy atom. The molecule has 0 radical (unpaired) electrons. The summed E-state index contributed by atoms with van der Waals surface area (Å²) in [5.41, 5.74) is 6.67. The van der Waals surface area contributed by atoms with Crippen LogP contribution in [-0.4, -0.2) is 60.8 Å². The average molecular weight is 600 g/mol. The number of aryl methyl sites for hydroxylation is 2. The van der Waals surface area contributed by atoms with E-state index in [1.807, 2.05) is 18.2 Å². The first kappa shape index (κ1) is 29.2. The molecule has 1 saturated heterocycles. The second-order valence-electron chi connectivity index (χ2n) is 11.8. The molecule has 4 heterocycles. The molecule has 0 unspecified atom stereocenters. The van der Waals surface area contributed by atoms with Gasteiger partial charge in [0.2, 0.25) is 0 Å². The molecular formula is C33H37N5O4S. The van der Waals surface area contributed by atoms with E-state index >= 15 is 0 Å². The Morgan fingerprint density at radius 1 is 1.00 bits per heavy atom. The van der Waals surface area contributed by atoms with Gasteiger partial charge in [0.1, 0.15) is 5.82 Å². The minimum Gasteiger partial charge on any atom is -0.372 e. The first-order valence-corrected chi connectivity index (χ1v) is 16.7. The van der Waals surface area contributed by atoms with E-state index < -0.39 is 9.84 Å². The molecule has 0 spiro atoms. The maximum atomic E-state index is 12.9. The Kier molecular flexibility index (Phi) is 7.91. The van der Waals surface area contributed by atoms with E-state index in [0.717, 1.165) is 60.3 Å². The number of carbonyl (C=O) groups is 1. The fourth-order valence-electron chi connectivity index (χ4n) is 6.18. The van der Waals surface area contributed by atoms with Crippen LogP contribution in [0.5, 0.6) is 0 Å². The lowest BCUT2D eigenvalue weighted by atomic mass is 9.91. The molecule has 1 aliphatic heterocycles. The number of nitrogens with one attached hydrogen (secondary N) is 1. The summed E-state index contributed by atoms with van der Waals surface area (Å²) in [7, 11) is -3.44. The summed E-state index contributed by atoms with van der Waals surface area (Å²) >= 11 is 0. The van der Waals surface area contributed by atoms with Crippen LogP contribution in [-0.2, 0) is 34.0 Å². The van der Waals surface area contributed by atoms with E-state index in [0.29, 0.717) is 11.3 Å². The number of hydrogen-bond donors (Lipinski definition) is 1. The van der Waals surface area contributed by atoms with Crippen molar-refractivity contribution < 1.29 is 17.9 Å². The van der Waals surface area contributed by atoms with Gasteiger partial charge in [0.15, 0.2) is 9.84 Å². The number of fused-ring (bicyclic) bond motifs is 2. The van der Waals surface area contributed by atoms with Gasteiger partial charge in [-0.25, -0.2) is 18.4 Å². The number of amides is 1. The third kappa shape index (κ3) is 6.26. The highest BCUT2D eigenvalue weighted by Gasteiger charge is 2.27. The molecule has 2 aliphatic rings. The van der Waals surface area contributed by atoms with Crippen molar-refractivity contribution in [2.45, 2.75) is 70.1 Å². The molecule has 1 N–H and O–H groups in total. The Labute approximate surface area is 252 Å². The van der Waals surface area contributed by atoms with Gasteiger partial charge in [-0.2, -0.15) is 0 Å². The summed E-state index contributed by atoms with van der Waals surface area (Å²) < 4.78 is 30.2. The first-order valence-electron chi connectivity index (χ1n) is 14.8. The van der Waals surface area contributed by atoms with Crippen LogP contribution >= 0.6 is 0 Å². The molecule has 0 bridgehead atoms. The Bertz CT molecular complexity index is 1810. The average Bonchev–Trinajstić information content (AvgIpc) is 2.98. The molecule has 9 nitrogen and oxygen atoms in total. The van der Waals surface area contributed by atoms with E-state index in [1.165, 1.54) is 30.0 Å². The molecule has 1 aliphatic carbocycles. The molecule has 224 valence electrons. The van der Waals surface area contributed by atoms with E-state index in [9.17, 15) is 13.2 Å². The highest BCUT2D eigenvalue weighted by Crippen LogP contribution is 2.34. The number of pyridine rings is 3. The van der Waals surface area contributed by atoms with Crippen LogP contribution in [0, 0.1) is 6.92 Å². The maximum absolute atomic E-state index is 12.9. The van der Waals surface area contributed by atoms with Crippen molar-refractivity contribution in [3.05, 3.63) is 76.6 Å². The summed E-state index contributed by atoms with van der Waals surface area (Å²) in [6.07, 6.45) is 7.63. The minimum absolute atomic E-state index is 0.145. The molecule has 6 rings (SSSR count). The maximum Gasteiger partial charge on any atom is 0.251 e. The molecule has 4 aromatic rings. The summed E-state index contributed by atoms with van der Waals surface area (Å²) in [5, 5.41) is 3.75. The topological polar surface area (TPSA) is 114 Å². The van der Waals surface area contributed by atoms with Crippen molar-refractivity contribution in [2.24, 2.45) is 0 Å². The van der Waals surface area contributed by atoms with Crippen LogP contribution in [0.4, 0.5) is 5.82 Å². The van der Waals surface area contributed by atoms with Crippen molar-refractivity contribution in [2.75, 3.05) is 24.2 Å². The van der Waals surface area contributed by atoms with Gasteiger partial charge in [-0.15, -0.1) is 0 Å². The van der Waals surface area contributed by atoms with Gasteiger partial charge in [0.05, 0.1) is 46.2 Å². The lowest BCUT2D eigenvalue weighted by Crippen LogP contribution is -2.46. The van der Waals surface area contributed by atoms with Crippen LogP contribution in [0.15, 0.2) is 53.6 Å². The van der Waals surface area contributed by atoms with Crippen molar-refractivity contribution >= 4 is 32.5 Å². The fourth-order valence-corrected chi connectivity index (χ4v) is 7.17. The number of carbonyl (C=O) groups excluding carboxylic acids is 1. The van der Waals surface area contributed by atoms with Crippen LogP contribution in [0.1, 0.15) is 59.4 Å². The molecule has 0 saturated carbocycles. The van der Waals surface area contributed by atoms with Gasteiger partial charge in [-0.05, 0) is 99.5 Å². The summed E-state index contributed by atoms with van der Waals surface area (Å²) in [4.78, 5) is 30.1. The van der Waals surface area contributed by atoms with Crippen LogP contribution in [0.3, 0.4) is 0 Å². The number of hydrogen-bond acceptors (Lipinski definition) is 8. The lowest BCUT2D eigenvalue weighted by molar-refractivity contribution is -0.00551. The van der Waals surface area contributed by atoms with E-state index in [1.54, 1.807) is 25.3 Å². The number of anilines is 1. The van der Waals surface area contributed by atoms with Gasteiger partial charge >= 0.3 is 0 Å². The predicted octanol–water partition coefficient (Wildman–Crippen LogP) is 4.83. The number of sulfone groups is 1. The molecule has 43 heavy (non-hydrogen) atoms. The Balaban J connectivity index is 1.27. The number of aromatic nitrogens is 3.